The Morgan fingerprint density at radius 3 is 2.58 bits per heavy atom. The summed E-state index contributed by atoms with van der Waals surface area (Å²) in [6.45, 7) is 3.24. The lowest BCUT2D eigenvalue weighted by atomic mass is 10.2. The molecule has 0 unspecified atom stereocenters. The molecule has 3 aromatic rings. The van der Waals surface area contributed by atoms with Gasteiger partial charge in [-0.05, 0) is 37.6 Å². The number of hydrogen-bond donors (Lipinski definition) is 1. The summed E-state index contributed by atoms with van der Waals surface area (Å²) in [5, 5.41) is 4.00. The first-order valence-corrected chi connectivity index (χ1v) is 8.52. The van der Waals surface area contributed by atoms with Gasteiger partial charge in [-0.2, -0.15) is 5.10 Å². The van der Waals surface area contributed by atoms with Crippen molar-refractivity contribution in [1.82, 2.24) is 14.2 Å². The molecule has 3 rings (SSSR count). The van der Waals surface area contributed by atoms with Crippen molar-refractivity contribution in [2.24, 2.45) is 7.05 Å². The third-order valence-electron chi connectivity index (χ3n) is 3.69. The second-order valence-electron chi connectivity index (χ2n) is 5.48. The van der Waals surface area contributed by atoms with E-state index in [-0.39, 0.29) is 16.1 Å². The van der Waals surface area contributed by atoms with Crippen LogP contribution in [0.25, 0.3) is 5.52 Å². The lowest BCUT2D eigenvalue weighted by molar-refractivity contribution is 0.601. The van der Waals surface area contributed by atoms with Crippen molar-refractivity contribution >= 4 is 21.2 Å². The zero-order valence-corrected chi connectivity index (χ0v) is 14.1. The highest BCUT2D eigenvalue weighted by molar-refractivity contribution is 7.92. The molecule has 1 aromatic carbocycles. The standard InChI is InChI=1S/C15H15FN4O3S/c1-9-4-5-11(6-13(9)16)18-24(22,23)12-7-14-15(21)19(3)17-10(2)20(14)8-12/h4-8,18H,1-3H3. The number of rotatable bonds is 3. The first-order valence-electron chi connectivity index (χ1n) is 7.04. The molecule has 0 amide bonds. The third-order valence-corrected chi connectivity index (χ3v) is 5.03. The van der Waals surface area contributed by atoms with E-state index in [0.29, 0.717) is 11.4 Å². The van der Waals surface area contributed by atoms with Gasteiger partial charge < -0.3 is 0 Å². The van der Waals surface area contributed by atoms with Crippen LogP contribution in [-0.2, 0) is 17.1 Å². The maximum Gasteiger partial charge on any atom is 0.290 e. The molecule has 9 heteroatoms. The Balaban J connectivity index is 2.08. The predicted octanol–water partition coefficient (Wildman–Crippen LogP) is 1.59. The summed E-state index contributed by atoms with van der Waals surface area (Å²) in [5.74, 6) is -0.0407. The largest absolute Gasteiger partial charge is 0.298 e. The lowest BCUT2D eigenvalue weighted by Crippen LogP contribution is -2.22. The smallest absolute Gasteiger partial charge is 0.290 e. The minimum atomic E-state index is -3.96. The van der Waals surface area contributed by atoms with Gasteiger partial charge in [-0.3, -0.25) is 13.9 Å². The van der Waals surface area contributed by atoms with Crippen LogP contribution in [0.15, 0.2) is 40.2 Å². The van der Waals surface area contributed by atoms with E-state index in [0.717, 1.165) is 10.7 Å². The molecule has 0 fully saturated rings. The molecular formula is C15H15FN4O3S. The van der Waals surface area contributed by atoms with Crippen molar-refractivity contribution in [3.05, 3.63) is 58.0 Å². The molecule has 126 valence electrons. The number of nitrogens with one attached hydrogen (secondary N) is 1. The number of hydrogen-bond acceptors (Lipinski definition) is 4. The fraction of sp³-hybridized carbons (Fsp3) is 0.200. The van der Waals surface area contributed by atoms with Crippen LogP contribution >= 0.6 is 0 Å². The van der Waals surface area contributed by atoms with E-state index in [1.54, 1.807) is 13.8 Å². The Morgan fingerprint density at radius 2 is 1.92 bits per heavy atom. The lowest BCUT2D eigenvalue weighted by Gasteiger charge is -2.07. The summed E-state index contributed by atoms with van der Waals surface area (Å²) in [6.07, 6.45) is 1.31. The van der Waals surface area contributed by atoms with Crippen molar-refractivity contribution in [3.63, 3.8) is 0 Å². The fourth-order valence-corrected chi connectivity index (χ4v) is 3.43. The average Bonchev–Trinajstić information content (AvgIpc) is 2.95. The van der Waals surface area contributed by atoms with E-state index in [4.69, 9.17) is 0 Å². The minimum absolute atomic E-state index is 0.100. The number of anilines is 1. The van der Waals surface area contributed by atoms with Crippen LogP contribution in [0.5, 0.6) is 0 Å². The summed E-state index contributed by atoms with van der Waals surface area (Å²) in [5.41, 5.74) is 0.303. The van der Waals surface area contributed by atoms with Crippen molar-refractivity contribution in [2.75, 3.05) is 4.72 Å². The fourth-order valence-electron chi connectivity index (χ4n) is 2.36. The van der Waals surface area contributed by atoms with E-state index in [2.05, 4.69) is 9.82 Å². The number of sulfonamides is 1. The topological polar surface area (TPSA) is 85.5 Å². The number of aromatic nitrogens is 3. The van der Waals surface area contributed by atoms with Gasteiger partial charge in [0.1, 0.15) is 22.1 Å². The Hall–Kier alpha value is -2.68. The number of aryl methyl sites for hydroxylation is 3. The number of halogens is 1. The molecule has 0 saturated heterocycles. The van der Waals surface area contributed by atoms with Gasteiger partial charge in [0.15, 0.2) is 0 Å². The number of benzene rings is 1. The summed E-state index contributed by atoms with van der Waals surface area (Å²) in [4.78, 5) is 12.0. The molecular weight excluding hydrogens is 335 g/mol. The van der Waals surface area contributed by atoms with E-state index in [9.17, 15) is 17.6 Å². The van der Waals surface area contributed by atoms with E-state index in [1.165, 1.54) is 35.8 Å². The van der Waals surface area contributed by atoms with Gasteiger partial charge in [0, 0.05) is 13.2 Å². The molecule has 0 atom stereocenters. The van der Waals surface area contributed by atoms with E-state index >= 15 is 0 Å². The van der Waals surface area contributed by atoms with Gasteiger partial charge in [-0.1, -0.05) is 6.07 Å². The monoisotopic (exact) mass is 350 g/mol. The molecule has 0 saturated carbocycles. The zero-order valence-electron chi connectivity index (χ0n) is 13.2. The first-order chi connectivity index (χ1) is 11.2. The van der Waals surface area contributed by atoms with Crippen LogP contribution in [-0.4, -0.2) is 22.6 Å². The number of nitrogens with zero attached hydrogens (tertiary/aromatic N) is 3. The van der Waals surface area contributed by atoms with E-state index < -0.39 is 21.4 Å². The number of fused-ring (bicyclic) bond motifs is 1. The van der Waals surface area contributed by atoms with Gasteiger partial charge in [0.05, 0.1) is 5.69 Å². The average molecular weight is 350 g/mol. The molecule has 2 aromatic heterocycles. The molecule has 0 aliphatic rings. The van der Waals surface area contributed by atoms with Crippen LogP contribution in [0.3, 0.4) is 0 Å². The Kier molecular flexibility index (Phi) is 3.67. The van der Waals surface area contributed by atoms with Crippen LogP contribution in [0.2, 0.25) is 0 Å². The Bertz CT molecular complexity index is 1120. The maximum absolute atomic E-state index is 13.6. The highest BCUT2D eigenvalue weighted by Crippen LogP contribution is 2.20. The molecule has 7 nitrogen and oxygen atoms in total. The Labute approximate surface area is 137 Å². The minimum Gasteiger partial charge on any atom is -0.298 e. The molecule has 24 heavy (non-hydrogen) atoms. The molecule has 0 aliphatic carbocycles. The van der Waals surface area contributed by atoms with Crippen LogP contribution < -0.4 is 10.3 Å². The van der Waals surface area contributed by atoms with Gasteiger partial charge in [-0.15, -0.1) is 0 Å². The molecule has 0 spiro atoms. The second kappa shape index (κ2) is 5.45. The maximum atomic E-state index is 13.6. The van der Waals surface area contributed by atoms with Crippen molar-refractivity contribution in [1.29, 1.82) is 0 Å². The normalized spacial score (nSPS) is 11.8. The predicted molar refractivity (Wildman–Crippen MR) is 87.1 cm³/mol. The van der Waals surface area contributed by atoms with Gasteiger partial charge in [-0.25, -0.2) is 17.5 Å². The van der Waals surface area contributed by atoms with Gasteiger partial charge >= 0.3 is 0 Å². The van der Waals surface area contributed by atoms with Crippen molar-refractivity contribution in [3.8, 4) is 0 Å². The van der Waals surface area contributed by atoms with Crippen molar-refractivity contribution < 1.29 is 12.8 Å². The quantitative estimate of drug-likeness (QED) is 0.777. The summed E-state index contributed by atoms with van der Waals surface area (Å²) in [7, 11) is -2.47. The first kappa shape index (κ1) is 16.2. The third kappa shape index (κ3) is 2.67. The van der Waals surface area contributed by atoms with E-state index in [1.807, 2.05) is 0 Å². The molecule has 2 heterocycles. The Morgan fingerprint density at radius 1 is 1.21 bits per heavy atom. The zero-order chi connectivity index (χ0) is 17.6. The van der Waals surface area contributed by atoms with Crippen LogP contribution in [0, 0.1) is 19.7 Å². The molecule has 0 radical (unpaired) electrons. The van der Waals surface area contributed by atoms with Crippen molar-refractivity contribution in [2.45, 2.75) is 18.7 Å². The van der Waals surface area contributed by atoms with Gasteiger partial charge in [0.2, 0.25) is 0 Å². The van der Waals surface area contributed by atoms with Crippen LogP contribution in [0.1, 0.15) is 11.4 Å². The van der Waals surface area contributed by atoms with Gasteiger partial charge in [0.25, 0.3) is 15.6 Å². The molecule has 0 aliphatic heterocycles. The summed E-state index contributed by atoms with van der Waals surface area (Å²) < 4.78 is 43.4. The highest BCUT2D eigenvalue weighted by atomic mass is 32.2. The summed E-state index contributed by atoms with van der Waals surface area (Å²) >= 11 is 0. The molecule has 0 bridgehead atoms. The summed E-state index contributed by atoms with van der Waals surface area (Å²) in [6, 6.07) is 5.32. The highest BCUT2D eigenvalue weighted by Gasteiger charge is 2.19. The molecule has 1 N–H and O–H groups in total. The second-order valence-corrected chi connectivity index (χ2v) is 7.16. The SMILES string of the molecule is Cc1ccc(NS(=O)(=O)c2cc3c(=O)n(C)nc(C)n3c2)cc1F. The van der Waals surface area contributed by atoms with Crippen LogP contribution in [0.4, 0.5) is 10.1 Å².